The summed E-state index contributed by atoms with van der Waals surface area (Å²) in [6, 6.07) is 2.48. The number of ether oxygens (including phenoxy) is 1. The Kier molecular flexibility index (Phi) is 5.04. The van der Waals surface area contributed by atoms with Crippen LogP contribution in [0.25, 0.3) is 0 Å². The van der Waals surface area contributed by atoms with Gasteiger partial charge < -0.3 is 10.1 Å². The first-order chi connectivity index (χ1) is 10.9. The maximum Gasteiger partial charge on any atom is 0.340 e. The second kappa shape index (κ2) is 6.99. The van der Waals surface area contributed by atoms with Crippen molar-refractivity contribution >= 4 is 11.6 Å². The molecule has 0 spiro atoms. The van der Waals surface area contributed by atoms with Crippen LogP contribution in [0.4, 0.5) is 23.2 Å². The third-order valence-electron chi connectivity index (χ3n) is 2.52. The lowest BCUT2D eigenvalue weighted by Crippen LogP contribution is -2.33. The summed E-state index contributed by atoms with van der Waals surface area (Å²) in [7, 11) is 0. The van der Waals surface area contributed by atoms with Crippen LogP contribution in [0.2, 0.25) is 0 Å². The smallest absolute Gasteiger partial charge is 0.340 e. The number of rotatable bonds is 6. The number of carbonyl (C=O) groups excluding carboxylic acids is 1. The molecule has 0 saturated heterocycles. The van der Waals surface area contributed by atoms with Crippen molar-refractivity contribution in [1.82, 2.24) is 15.0 Å². The van der Waals surface area contributed by atoms with Crippen molar-refractivity contribution in [3.05, 3.63) is 42.6 Å². The highest BCUT2D eigenvalue weighted by molar-refractivity contribution is 6.02. The average molecular weight is 330 g/mol. The zero-order valence-corrected chi connectivity index (χ0v) is 11.4. The summed E-state index contributed by atoms with van der Waals surface area (Å²) in [5, 5.41) is 2.45. The van der Waals surface area contributed by atoms with Gasteiger partial charge in [-0.3, -0.25) is 9.78 Å². The largest absolute Gasteiger partial charge is 0.471 e. The minimum atomic E-state index is -4.26. The molecule has 1 N–H and O–H groups in total. The number of nitrogens with one attached hydrogen (secondary N) is 1. The second-order valence-electron chi connectivity index (χ2n) is 4.28. The van der Waals surface area contributed by atoms with Crippen molar-refractivity contribution in [2.24, 2.45) is 0 Å². The summed E-state index contributed by atoms with van der Waals surface area (Å²) in [6.45, 7) is -1.50. The number of carbonyl (C=O) groups is 1. The fourth-order valence-electron chi connectivity index (χ4n) is 1.38. The third-order valence-corrected chi connectivity index (χ3v) is 2.52. The molecule has 0 aromatic carbocycles. The Morgan fingerprint density at radius 3 is 2.57 bits per heavy atom. The summed E-state index contributed by atoms with van der Waals surface area (Å²) in [5.41, 5.74) is 0.318. The summed E-state index contributed by atoms with van der Waals surface area (Å²) >= 11 is 0. The second-order valence-corrected chi connectivity index (χ2v) is 4.28. The van der Waals surface area contributed by atoms with Gasteiger partial charge >= 0.3 is 12.3 Å². The van der Waals surface area contributed by atoms with Gasteiger partial charge in [-0.1, -0.05) is 0 Å². The Morgan fingerprint density at radius 1 is 1.22 bits per heavy atom. The van der Waals surface area contributed by atoms with E-state index in [1.807, 2.05) is 0 Å². The van der Waals surface area contributed by atoms with Crippen LogP contribution in [0.1, 0.15) is 10.5 Å². The Hall–Kier alpha value is -2.78. The van der Waals surface area contributed by atoms with E-state index < -0.39 is 24.9 Å². The lowest BCUT2D eigenvalue weighted by atomic mass is 10.3. The Morgan fingerprint density at radius 2 is 2.00 bits per heavy atom. The highest BCUT2D eigenvalue weighted by Gasteiger charge is 2.41. The molecule has 0 aliphatic rings. The molecule has 0 radical (unpaired) electrons. The highest BCUT2D eigenvalue weighted by Crippen LogP contribution is 2.24. The van der Waals surface area contributed by atoms with Crippen molar-refractivity contribution in [3.63, 3.8) is 0 Å². The number of hydrogen-bond acceptors (Lipinski definition) is 5. The van der Waals surface area contributed by atoms with E-state index in [0.29, 0.717) is 0 Å². The van der Waals surface area contributed by atoms with Gasteiger partial charge in [0.25, 0.3) is 5.91 Å². The van der Waals surface area contributed by atoms with Gasteiger partial charge in [-0.05, 0) is 6.07 Å². The normalized spacial score (nSPS) is 11.3. The fraction of sp³-hybridized carbons (Fsp3) is 0.231. The molecular weight excluding hydrogens is 320 g/mol. The fourth-order valence-corrected chi connectivity index (χ4v) is 1.38. The van der Waals surface area contributed by atoms with Gasteiger partial charge in [-0.25, -0.2) is 18.7 Å². The van der Waals surface area contributed by atoms with E-state index in [1.165, 1.54) is 24.7 Å². The molecule has 2 aromatic rings. The van der Waals surface area contributed by atoms with E-state index in [9.17, 15) is 22.4 Å². The number of aromatic nitrogens is 3. The van der Waals surface area contributed by atoms with Crippen molar-refractivity contribution < 1.29 is 27.1 Å². The summed E-state index contributed by atoms with van der Waals surface area (Å²) in [6.07, 6.45) is 1.30. The molecular formula is C13H10F4N4O2. The molecule has 0 saturated carbocycles. The predicted octanol–water partition coefficient (Wildman–Crippen LogP) is 2.40. The van der Waals surface area contributed by atoms with E-state index >= 15 is 0 Å². The zero-order chi connectivity index (χ0) is 16.9. The van der Waals surface area contributed by atoms with Gasteiger partial charge in [0, 0.05) is 18.5 Å². The summed E-state index contributed by atoms with van der Waals surface area (Å²) < 4.78 is 53.8. The summed E-state index contributed by atoms with van der Waals surface area (Å²) in [5.74, 6) is -5.08. The maximum absolute atomic E-state index is 12.7. The van der Waals surface area contributed by atoms with Crippen molar-refractivity contribution in [2.45, 2.75) is 12.3 Å². The molecule has 2 aromatic heterocycles. The van der Waals surface area contributed by atoms with E-state index in [1.54, 1.807) is 0 Å². The van der Waals surface area contributed by atoms with Crippen LogP contribution in [0.15, 0.2) is 36.9 Å². The molecule has 6 nitrogen and oxygen atoms in total. The van der Waals surface area contributed by atoms with Crippen LogP contribution in [0, 0.1) is 0 Å². The van der Waals surface area contributed by atoms with E-state index in [4.69, 9.17) is 0 Å². The first-order valence-corrected chi connectivity index (χ1v) is 6.20. The van der Waals surface area contributed by atoms with Gasteiger partial charge in [0.15, 0.2) is 6.61 Å². The zero-order valence-electron chi connectivity index (χ0n) is 11.4. The first kappa shape index (κ1) is 16.6. The predicted molar refractivity (Wildman–Crippen MR) is 70.7 cm³/mol. The molecule has 10 heteroatoms. The molecule has 122 valence electrons. The SMILES string of the molecule is O=C(Nc1ccc(OCC(F)(F)C(F)F)nc1)c1cnccn1. The highest BCUT2D eigenvalue weighted by atomic mass is 19.3. The minimum absolute atomic E-state index is 0.0735. The van der Waals surface area contributed by atoms with Gasteiger partial charge in [0.1, 0.15) is 5.69 Å². The van der Waals surface area contributed by atoms with Crippen LogP contribution >= 0.6 is 0 Å². The molecule has 1 amide bonds. The molecule has 0 aliphatic heterocycles. The number of halogens is 4. The standard InChI is InChI=1S/C13H10F4N4O2/c14-12(15)13(16,17)7-23-10-2-1-8(5-20-10)21-11(22)9-6-18-3-4-19-9/h1-6,12H,7H2,(H,21,22). The van der Waals surface area contributed by atoms with Gasteiger partial charge in [0.2, 0.25) is 5.88 Å². The quantitative estimate of drug-likeness (QED) is 0.823. The number of pyridine rings is 1. The van der Waals surface area contributed by atoms with E-state index in [2.05, 4.69) is 25.0 Å². The number of alkyl halides is 4. The van der Waals surface area contributed by atoms with Gasteiger partial charge in [-0.15, -0.1) is 0 Å². The van der Waals surface area contributed by atoms with Gasteiger partial charge in [0.05, 0.1) is 18.1 Å². The molecule has 0 bridgehead atoms. The van der Waals surface area contributed by atoms with Crippen molar-refractivity contribution in [3.8, 4) is 5.88 Å². The minimum Gasteiger partial charge on any atom is -0.471 e. The van der Waals surface area contributed by atoms with Gasteiger partial charge in [-0.2, -0.15) is 8.78 Å². The lowest BCUT2D eigenvalue weighted by Gasteiger charge is -2.15. The molecule has 0 fully saturated rings. The first-order valence-electron chi connectivity index (χ1n) is 6.20. The molecule has 0 atom stereocenters. The van der Waals surface area contributed by atoms with E-state index in [0.717, 1.165) is 12.3 Å². The number of anilines is 1. The maximum atomic E-state index is 12.7. The molecule has 0 aliphatic carbocycles. The van der Waals surface area contributed by atoms with Crippen molar-refractivity contribution in [1.29, 1.82) is 0 Å². The lowest BCUT2D eigenvalue weighted by molar-refractivity contribution is -0.148. The van der Waals surface area contributed by atoms with Crippen LogP contribution in [0.5, 0.6) is 5.88 Å². The Bertz CT molecular complexity index is 653. The Balaban J connectivity index is 1.93. The number of hydrogen-bond donors (Lipinski definition) is 1. The monoisotopic (exact) mass is 330 g/mol. The number of nitrogens with zero attached hydrogens (tertiary/aromatic N) is 3. The average Bonchev–Trinajstić information content (AvgIpc) is 2.55. The summed E-state index contributed by atoms with van der Waals surface area (Å²) in [4.78, 5) is 22.9. The molecule has 2 heterocycles. The van der Waals surface area contributed by atoms with Crippen LogP contribution in [-0.2, 0) is 0 Å². The molecule has 0 unspecified atom stereocenters. The molecule has 23 heavy (non-hydrogen) atoms. The Labute approximate surface area is 127 Å². The number of amides is 1. The topological polar surface area (TPSA) is 77.0 Å². The van der Waals surface area contributed by atoms with Crippen LogP contribution in [-0.4, -0.2) is 39.8 Å². The van der Waals surface area contributed by atoms with Crippen LogP contribution < -0.4 is 10.1 Å². The van der Waals surface area contributed by atoms with E-state index in [-0.39, 0.29) is 17.3 Å². The van der Waals surface area contributed by atoms with Crippen molar-refractivity contribution in [2.75, 3.05) is 11.9 Å². The molecule has 2 rings (SSSR count). The van der Waals surface area contributed by atoms with Crippen LogP contribution in [0.3, 0.4) is 0 Å². The third kappa shape index (κ3) is 4.59.